The van der Waals surface area contributed by atoms with Crippen LogP contribution in [0.25, 0.3) is 0 Å². The number of ether oxygens (including phenoxy) is 3. The molecule has 106 valence electrons. The minimum atomic E-state index is -0.193. The molecule has 1 atom stereocenters. The van der Waals surface area contributed by atoms with Crippen molar-refractivity contribution >= 4 is 11.6 Å². The quantitative estimate of drug-likeness (QED) is 0.814. The fourth-order valence-electron chi connectivity index (χ4n) is 1.66. The lowest BCUT2D eigenvalue weighted by molar-refractivity contribution is -0.116. The van der Waals surface area contributed by atoms with Crippen LogP contribution in [0.15, 0.2) is 12.1 Å². The third kappa shape index (κ3) is 4.03. The van der Waals surface area contributed by atoms with Crippen molar-refractivity contribution in [2.75, 3.05) is 26.6 Å². The number of methoxy groups -OCH3 is 3. The largest absolute Gasteiger partial charge is 0.493 e. The van der Waals surface area contributed by atoms with E-state index in [9.17, 15) is 4.79 Å². The second-order valence-electron chi connectivity index (χ2n) is 4.14. The molecule has 1 rings (SSSR count). The maximum atomic E-state index is 11.7. The van der Waals surface area contributed by atoms with Crippen LogP contribution in [0.3, 0.4) is 0 Å². The van der Waals surface area contributed by atoms with E-state index in [1.54, 1.807) is 19.1 Å². The van der Waals surface area contributed by atoms with Crippen LogP contribution in [0.2, 0.25) is 0 Å². The van der Waals surface area contributed by atoms with Crippen LogP contribution in [0, 0.1) is 0 Å². The number of anilines is 1. The molecule has 0 saturated carbocycles. The molecular weight excluding hydrogens is 248 g/mol. The van der Waals surface area contributed by atoms with E-state index in [-0.39, 0.29) is 18.4 Å². The van der Waals surface area contributed by atoms with Crippen molar-refractivity contribution in [3.8, 4) is 17.2 Å². The summed E-state index contributed by atoms with van der Waals surface area (Å²) in [5.74, 6) is 1.29. The van der Waals surface area contributed by atoms with Crippen LogP contribution in [0.4, 0.5) is 5.69 Å². The van der Waals surface area contributed by atoms with E-state index in [0.717, 1.165) is 0 Å². The van der Waals surface area contributed by atoms with Gasteiger partial charge in [-0.25, -0.2) is 0 Å². The summed E-state index contributed by atoms with van der Waals surface area (Å²) in [5.41, 5.74) is 6.14. The zero-order valence-electron chi connectivity index (χ0n) is 11.6. The van der Waals surface area contributed by atoms with E-state index in [2.05, 4.69) is 5.32 Å². The number of hydrogen-bond donors (Lipinski definition) is 2. The summed E-state index contributed by atoms with van der Waals surface area (Å²) in [5, 5.41) is 2.74. The molecule has 0 aliphatic rings. The number of nitrogens with two attached hydrogens (primary N) is 1. The molecular formula is C13H20N2O4. The van der Waals surface area contributed by atoms with Gasteiger partial charge in [0.15, 0.2) is 11.5 Å². The molecule has 6 heteroatoms. The first-order valence-electron chi connectivity index (χ1n) is 5.87. The summed E-state index contributed by atoms with van der Waals surface area (Å²) in [7, 11) is 4.56. The van der Waals surface area contributed by atoms with E-state index in [1.807, 2.05) is 0 Å². The summed E-state index contributed by atoms with van der Waals surface area (Å²) < 4.78 is 15.6. The molecule has 1 amide bonds. The standard InChI is InChI=1S/C13H20N2O4/c1-8(14)5-12(16)15-9-6-10(17-2)13(19-4)11(7-9)18-3/h6-8H,5,14H2,1-4H3,(H,15,16). The minimum absolute atomic E-state index is 0.163. The molecule has 0 aliphatic carbocycles. The highest BCUT2D eigenvalue weighted by molar-refractivity contribution is 5.91. The normalized spacial score (nSPS) is 11.6. The van der Waals surface area contributed by atoms with Gasteiger partial charge in [0.05, 0.1) is 21.3 Å². The zero-order chi connectivity index (χ0) is 14.4. The summed E-state index contributed by atoms with van der Waals surface area (Å²) >= 11 is 0. The number of hydrogen-bond acceptors (Lipinski definition) is 5. The first-order chi connectivity index (χ1) is 9.01. The molecule has 0 saturated heterocycles. The van der Waals surface area contributed by atoms with Crippen LogP contribution in [-0.4, -0.2) is 33.3 Å². The Morgan fingerprint density at radius 2 is 1.74 bits per heavy atom. The minimum Gasteiger partial charge on any atom is -0.493 e. The van der Waals surface area contributed by atoms with E-state index >= 15 is 0 Å². The van der Waals surface area contributed by atoms with Gasteiger partial charge in [0.2, 0.25) is 11.7 Å². The first kappa shape index (κ1) is 15.1. The van der Waals surface area contributed by atoms with E-state index < -0.39 is 0 Å². The molecule has 19 heavy (non-hydrogen) atoms. The topological polar surface area (TPSA) is 82.8 Å². The molecule has 1 unspecified atom stereocenters. The summed E-state index contributed by atoms with van der Waals surface area (Å²) in [4.78, 5) is 11.7. The number of amides is 1. The lowest BCUT2D eigenvalue weighted by Crippen LogP contribution is -2.24. The van der Waals surface area contributed by atoms with Gasteiger partial charge in [-0.2, -0.15) is 0 Å². The second-order valence-corrected chi connectivity index (χ2v) is 4.14. The Bertz CT molecular complexity index is 421. The molecule has 0 aromatic heterocycles. The number of nitrogens with one attached hydrogen (secondary N) is 1. The van der Waals surface area contributed by atoms with Crippen molar-refractivity contribution in [1.82, 2.24) is 0 Å². The molecule has 0 fully saturated rings. The van der Waals surface area contributed by atoms with Crippen molar-refractivity contribution in [3.05, 3.63) is 12.1 Å². The Labute approximate surface area is 112 Å². The molecule has 0 aliphatic heterocycles. The summed E-state index contributed by atoms with van der Waals surface area (Å²) in [6.07, 6.45) is 0.247. The zero-order valence-corrected chi connectivity index (χ0v) is 11.6. The molecule has 0 spiro atoms. The van der Waals surface area contributed by atoms with Gasteiger partial charge in [-0.05, 0) is 6.92 Å². The average Bonchev–Trinajstić information content (AvgIpc) is 2.36. The van der Waals surface area contributed by atoms with Crippen LogP contribution < -0.4 is 25.3 Å². The highest BCUT2D eigenvalue weighted by Crippen LogP contribution is 2.39. The highest BCUT2D eigenvalue weighted by Gasteiger charge is 2.14. The van der Waals surface area contributed by atoms with Gasteiger partial charge < -0.3 is 25.3 Å². The van der Waals surface area contributed by atoms with Crippen molar-refractivity contribution < 1.29 is 19.0 Å². The first-order valence-corrected chi connectivity index (χ1v) is 5.87. The Morgan fingerprint density at radius 3 is 2.11 bits per heavy atom. The van der Waals surface area contributed by atoms with Crippen LogP contribution in [-0.2, 0) is 4.79 Å². The molecule has 6 nitrogen and oxygen atoms in total. The van der Waals surface area contributed by atoms with E-state index in [4.69, 9.17) is 19.9 Å². The van der Waals surface area contributed by atoms with Gasteiger partial charge in [-0.15, -0.1) is 0 Å². The van der Waals surface area contributed by atoms with Gasteiger partial charge in [0, 0.05) is 30.3 Å². The Hall–Kier alpha value is -1.95. The maximum absolute atomic E-state index is 11.7. The number of carbonyl (C=O) groups excluding carboxylic acids is 1. The second kappa shape index (κ2) is 6.84. The van der Waals surface area contributed by atoms with Gasteiger partial charge in [-0.3, -0.25) is 4.79 Å². The summed E-state index contributed by atoms with van der Waals surface area (Å²) in [6, 6.07) is 3.14. The van der Waals surface area contributed by atoms with Crippen LogP contribution >= 0.6 is 0 Å². The molecule has 0 radical (unpaired) electrons. The Kier molecular flexibility index (Phi) is 5.44. The number of rotatable bonds is 6. The lowest BCUT2D eigenvalue weighted by atomic mass is 10.2. The van der Waals surface area contributed by atoms with Crippen molar-refractivity contribution in [1.29, 1.82) is 0 Å². The smallest absolute Gasteiger partial charge is 0.225 e. The molecule has 3 N–H and O–H groups in total. The fourth-order valence-corrected chi connectivity index (χ4v) is 1.66. The number of benzene rings is 1. The van der Waals surface area contributed by atoms with Crippen molar-refractivity contribution in [2.45, 2.75) is 19.4 Å². The third-order valence-corrected chi connectivity index (χ3v) is 2.46. The summed E-state index contributed by atoms with van der Waals surface area (Å²) in [6.45, 7) is 1.77. The van der Waals surface area contributed by atoms with Crippen molar-refractivity contribution in [3.63, 3.8) is 0 Å². The van der Waals surface area contributed by atoms with E-state index in [0.29, 0.717) is 22.9 Å². The van der Waals surface area contributed by atoms with E-state index in [1.165, 1.54) is 21.3 Å². The predicted octanol–water partition coefficient (Wildman–Crippen LogP) is 1.39. The molecule has 1 aromatic carbocycles. The molecule has 1 aromatic rings. The predicted molar refractivity (Wildman–Crippen MR) is 73.0 cm³/mol. The fraction of sp³-hybridized carbons (Fsp3) is 0.462. The maximum Gasteiger partial charge on any atom is 0.225 e. The lowest BCUT2D eigenvalue weighted by Gasteiger charge is -2.15. The SMILES string of the molecule is COc1cc(NC(=O)CC(C)N)cc(OC)c1OC. The average molecular weight is 268 g/mol. The Balaban J connectivity index is 2.99. The number of carbonyl (C=O) groups is 1. The molecule has 0 heterocycles. The highest BCUT2D eigenvalue weighted by atomic mass is 16.5. The van der Waals surface area contributed by atoms with Gasteiger partial charge in [-0.1, -0.05) is 0 Å². The van der Waals surface area contributed by atoms with Crippen LogP contribution in [0.1, 0.15) is 13.3 Å². The van der Waals surface area contributed by atoms with Crippen molar-refractivity contribution in [2.24, 2.45) is 5.73 Å². The van der Waals surface area contributed by atoms with Gasteiger partial charge in [0.25, 0.3) is 0 Å². The monoisotopic (exact) mass is 268 g/mol. The Morgan fingerprint density at radius 1 is 1.21 bits per heavy atom. The van der Waals surface area contributed by atoms with Gasteiger partial charge >= 0.3 is 0 Å². The van der Waals surface area contributed by atoms with Gasteiger partial charge in [0.1, 0.15) is 0 Å². The molecule has 0 bridgehead atoms. The van der Waals surface area contributed by atoms with Crippen LogP contribution in [0.5, 0.6) is 17.2 Å². The third-order valence-electron chi connectivity index (χ3n) is 2.46.